The molecule has 0 unspecified atom stereocenters. The summed E-state index contributed by atoms with van der Waals surface area (Å²) in [6, 6.07) is 7.56. The molecular weight excluding hydrogens is 256 g/mol. The Labute approximate surface area is 118 Å². The Morgan fingerprint density at radius 3 is 2.75 bits per heavy atom. The van der Waals surface area contributed by atoms with Crippen molar-refractivity contribution in [2.75, 3.05) is 19.0 Å². The maximum atomic E-state index is 11.9. The zero-order valence-electron chi connectivity index (χ0n) is 11.9. The van der Waals surface area contributed by atoms with E-state index < -0.39 is 0 Å². The first-order chi connectivity index (χ1) is 9.60. The topological polar surface area (TPSA) is 58.6 Å². The molecule has 108 valence electrons. The van der Waals surface area contributed by atoms with Gasteiger partial charge in [-0.15, -0.1) is 0 Å². The molecule has 1 aromatic carbocycles. The van der Waals surface area contributed by atoms with Crippen LogP contribution in [0, 0.1) is 0 Å². The molecule has 1 aliphatic carbocycles. The molecule has 20 heavy (non-hydrogen) atoms. The number of hydrogen-bond acceptors (Lipinski definition) is 3. The van der Waals surface area contributed by atoms with Crippen molar-refractivity contribution in [1.29, 1.82) is 0 Å². The van der Waals surface area contributed by atoms with Gasteiger partial charge < -0.3 is 15.0 Å². The number of hydrogen-bond donors (Lipinski definition) is 1. The van der Waals surface area contributed by atoms with E-state index in [9.17, 15) is 9.59 Å². The summed E-state index contributed by atoms with van der Waals surface area (Å²) in [6.45, 7) is 2.04. The maximum Gasteiger partial charge on any atom is 0.226 e. The molecule has 0 aromatic heterocycles. The molecule has 5 nitrogen and oxygen atoms in total. The average molecular weight is 276 g/mol. The number of amides is 2. The summed E-state index contributed by atoms with van der Waals surface area (Å²) >= 11 is 0. The van der Waals surface area contributed by atoms with Gasteiger partial charge in [0.05, 0.1) is 7.11 Å². The number of methoxy groups -OCH3 is 1. The van der Waals surface area contributed by atoms with Crippen LogP contribution in [0.2, 0.25) is 0 Å². The number of anilines is 1. The van der Waals surface area contributed by atoms with E-state index in [0.717, 1.165) is 12.8 Å². The van der Waals surface area contributed by atoms with E-state index in [1.54, 1.807) is 25.0 Å². The zero-order chi connectivity index (χ0) is 14.5. The Hall–Kier alpha value is -2.04. The number of ether oxygens (including phenoxy) is 1. The van der Waals surface area contributed by atoms with Gasteiger partial charge in [-0.05, 0) is 25.0 Å². The van der Waals surface area contributed by atoms with E-state index in [0.29, 0.717) is 30.4 Å². The van der Waals surface area contributed by atoms with Crippen LogP contribution in [0.25, 0.3) is 0 Å². The average Bonchev–Trinajstić information content (AvgIpc) is 3.23. The van der Waals surface area contributed by atoms with Crippen molar-refractivity contribution in [1.82, 2.24) is 4.90 Å². The summed E-state index contributed by atoms with van der Waals surface area (Å²) in [5, 5.41) is 2.81. The van der Waals surface area contributed by atoms with E-state index >= 15 is 0 Å². The highest BCUT2D eigenvalue weighted by atomic mass is 16.5. The Kier molecular flexibility index (Phi) is 4.61. The number of carbonyl (C=O) groups is 2. The summed E-state index contributed by atoms with van der Waals surface area (Å²) in [6.07, 6.45) is 2.42. The second kappa shape index (κ2) is 6.41. The van der Waals surface area contributed by atoms with Gasteiger partial charge in [0.2, 0.25) is 11.8 Å². The molecule has 0 radical (unpaired) electrons. The lowest BCUT2D eigenvalue weighted by atomic mass is 10.2. The minimum absolute atomic E-state index is 0.0432. The lowest BCUT2D eigenvalue weighted by molar-refractivity contribution is -0.129. The Balaban J connectivity index is 1.83. The molecule has 1 aliphatic rings. The van der Waals surface area contributed by atoms with Crippen LogP contribution in [0.15, 0.2) is 24.3 Å². The van der Waals surface area contributed by atoms with Gasteiger partial charge in [-0.1, -0.05) is 6.07 Å². The lowest BCUT2D eigenvalue weighted by Crippen LogP contribution is -2.33. The van der Waals surface area contributed by atoms with Crippen LogP contribution in [0.4, 0.5) is 5.69 Å². The van der Waals surface area contributed by atoms with Gasteiger partial charge >= 0.3 is 0 Å². The van der Waals surface area contributed by atoms with Crippen molar-refractivity contribution in [3.8, 4) is 5.75 Å². The number of rotatable bonds is 6. The molecule has 1 fully saturated rings. The van der Waals surface area contributed by atoms with Crippen LogP contribution >= 0.6 is 0 Å². The standard InChI is InChI=1S/C15H20N2O3/c1-11(18)17(13-6-7-13)9-8-15(19)16-12-4-3-5-14(10-12)20-2/h3-5,10,13H,6-9H2,1-2H3,(H,16,19). The molecule has 1 saturated carbocycles. The predicted octanol–water partition coefficient (Wildman–Crippen LogP) is 2.03. The fourth-order valence-corrected chi connectivity index (χ4v) is 2.13. The van der Waals surface area contributed by atoms with Crippen LogP contribution in [0.5, 0.6) is 5.75 Å². The SMILES string of the molecule is COc1cccc(NC(=O)CCN(C(C)=O)C2CC2)c1. The first kappa shape index (κ1) is 14.4. The third-order valence-corrected chi connectivity index (χ3v) is 3.33. The van der Waals surface area contributed by atoms with Crippen LogP contribution in [0.3, 0.4) is 0 Å². The van der Waals surface area contributed by atoms with Gasteiger partial charge in [0.25, 0.3) is 0 Å². The van der Waals surface area contributed by atoms with Crippen molar-refractivity contribution in [2.45, 2.75) is 32.2 Å². The highest BCUT2D eigenvalue weighted by Gasteiger charge is 2.30. The first-order valence-corrected chi connectivity index (χ1v) is 6.81. The van der Waals surface area contributed by atoms with Gasteiger partial charge in [0, 0.05) is 37.7 Å². The van der Waals surface area contributed by atoms with Gasteiger partial charge in [0.15, 0.2) is 0 Å². The van der Waals surface area contributed by atoms with Gasteiger partial charge in [0.1, 0.15) is 5.75 Å². The fourth-order valence-electron chi connectivity index (χ4n) is 2.13. The Morgan fingerprint density at radius 2 is 2.15 bits per heavy atom. The third-order valence-electron chi connectivity index (χ3n) is 3.33. The molecule has 0 atom stereocenters. The maximum absolute atomic E-state index is 11.9. The lowest BCUT2D eigenvalue weighted by Gasteiger charge is -2.20. The van der Waals surface area contributed by atoms with E-state index in [-0.39, 0.29) is 11.8 Å². The van der Waals surface area contributed by atoms with Crippen LogP contribution in [0.1, 0.15) is 26.2 Å². The number of benzene rings is 1. The Morgan fingerprint density at radius 1 is 1.40 bits per heavy atom. The Bertz CT molecular complexity index is 498. The van der Waals surface area contributed by atoms with Crippen molar-refractivity contribution in [3.63, 3.8) is 0 Å². The summed E-state index contributed by atoms with van der Waals surface area (Å²) in [5.41, 5.74) is 0.704. The van der Waals surface area contributed by atoms with E-state index in [1.807, 2.05) is 18.2 Å². The molecule has 0 saturated heterocycles. The van der Waals surface area contributed by atoms with Gasteiger partial charge in [-0.25, -0.2) is 0 Å². The van der Waals surface area contributed by atoms with Crippen LogP contribution < -0.4 is 10.1 Å². The fraction of sp³-hybridized carbons (Fsp3) is 0.467. The first-order valence-electron chi connectivity index (χ1n) is 6.81. The van der Waals surface area contributed by atoms with Crippen molar-refractivity contribution >= 4 is 17.5 Å². The molecule has 1 aromatic rings. The quantitative estimate of drug-likeness (QED) is 0.865. The minimum Gasteiger partial charge on any atom is -0.497 e. The largest absolute Gasteiger partial charge is 0.497 e. The molecule has 1 N–H and O–H groups in total. The summed E-state index contributed by atoms with van der Waals surface area (Å²) in [7, 11) is 1.58. The highest BCUT2D eigenvalue weighted by molar-refractivity contribution is 5.91. The minimum atomic E-state index is -0.0925. The predicted molar refractivity (Wildman–Crippen MR) is 76.6 cm³/mol. The number of nitrogens with zero attached hydrogens (tertiary/aromatic N) is 1. The number of nitrogens with one attached hydrogen (secondary N) is 1. The van der Waals surface area contributed by atoms with Crippen LogP contribution in [-0.2, 0) is 9.59 Å². The van der Waals surface area contributed by atoms with E-state index in [1.165, 1.54) is 0 Å². The summed E-state index contributed by atoms with van der Waals surface area (Å²) < 4.78 is 5.10. The monoisotopic (exact) mass is 276 g/mol. The van der Waals surface area contributed by atoms with Crippen LogP contribution in [-0.4, -0.2) is 36.4 Å². The second-order valence-corrected chi connectivity index (χ2v) is 4.97. The second-order valence-electron chi connectivity index (χ2n) is 4.97. The molecule has 0 spiro atoms. The molecule has 0 aliphatic heterocycles. The number of carbonyl (C=O) groups excluding carboxylic acids is 2. The molecule has 5 heteroatoms. The molecule has 2 amide bonds. The molecular formula is C15H20N2O3. The van der Waals surface area contributed by atoms with Gasteiger partial charge in [-0.2, -0.15) is 0 Å². The van der Waals surface area contributed by atoms with Crippen molar-refractivity contribution in [3.05, 3.63) is 24.3 Å². The zero-order valence-corrected chi connectivity index (χ0v) is 11.9. The van der Waals surface area contributed by atoms with E-state index in [4.69, 9.17) is 4.74 Å². The molecule has 2 rings (SSSR count). The van der Waals surface area contributed by atoms with Crippen molar-refractivity contribution in [2.24, 2.45) is 0 Å². The third kappa shape index (κ3) is 3.98. The van der Waals surface area contributed by atoms with Crippen molar-refractivity contribution < 1.29 is 14.3 Å². The highest BCUT2D eigenvalue weighted by Crippen LogP contribution is 2.27. The summed E-state index contributed by atoms with van der Waals surface area (Å²) in [5.74, 6) is 0.651. The smallest absolute Gasteiger partial charge is 0.226 e. The molecule has 0 heterocycles. The molecule has 0 bridgehead atoms. The normalized spacial score (nSPS) is 13.7. The van der Waals surface area contributed by atoms with E-state index in [2.05, 4.69) is 5.32 Å². The van der Waals surface area contributed by atoms with Gasteiger partial charge in [-0.3, -0.25) is 9.59 Å². The summed E-state index contributed by atoms with van der Waals surface area (Å²) in [4.78, 5) is 25.1.